The molecule has 2 rings (SSSR count). The van der Waals surface area contributed by atoms with E-state index in [4.69, 9.17) is 26.2 Å². The topological polar surface area (TPSA) is 55.8 Å². The fourth-order valence-corrected chi connectivity index (χ4v) is 1.97. The zero-order valence-electron chi connectivity index (χ0n) is 11.5. The molecule has 0 radical (unpaired) electrons. The van der Waals surface area contributed by atoms with Crippen LogP contribution in [-0.2, 0) is 0 Å². The van der Waals surface area contributed by atoms with Crippen molar-refractivity contribution in [2.24, 2.45) is 0 Å². The third-order valence-electron chi connectivity index (χ3n) is 2.94. The van der Waals surface area contributed by atoms with Crippen LogP contribution in [0.3, 0.4) is 0 Å². The highest BCUT2D eigenvalue weighted by atomic mass is 35.5. The van der Waals surface area contributed by atoms with Gasteiger partial charge in [0.05, 0.1) is 5.56 Å². The molecule has 0 saturated heterocycles. The summed E-state index contributed by atoms with van der Waals surface area (Å²) >= 11 is 5.78. The molecule has 2 aromatic rings. The number of rotatable bonds is 6. The molecular formula is C16H15ClO4. The average molecular weight is 307 g/mol. The van der Waals surface area contributed by atoms with Crippen molar-refractivity contribution in [2.45, 2.75) is 6.92 Å². The summed E-state index contributed by atoms with van der Waals surface area (Å²) in [5, 5.41) is 9.69. The maximum atomic E-state index is 11.0. The van der Waals surface area contributed by atoms with Crippen molar-refractivity contribution in [1.29, 1.82) is 0 Å². The Labute approximate surface area is 127 Å². The monoisotopic (exact) mass is 306 g/mol. The molecule has 110 valence electrons. The number of hydrogen-bond donors (Lipinski definition) is 1. The molecule has 0 atom stereocenters. The van der Waals surface area contributed by atoms with E-state index in [-0.39, 0.29) is 5.56 Å². The van der Waals surface area contributed by atoms with Crippen LogP contribution in [0.1, 0.15) is 15.9 Å². The second-order valence-corrected chi connectivity index (χ2v) is 4.82. The Hall–Kier alpha value is -2.20. The van der Waals surface area contributed by atoms with Crippen LogP contribution in [0.15, 0.2) is 42.5 Å². The summed E-state index contributed by atoms with van der Waals surface area (Å²) in [7, 11) is 0. The molecule has 2 aromatic carbocycles. The Morgan fingerprint density at radius 2 is 1.76 bits per heavy atom. The van der Waals surface area contributed by atoms with E-state index in [0.29, 0.717) is 35.3 Å². The lowest BCUT2D eigenvalue weighted by molar-refractivity contribution is 0.0695. The number of carboxylic acids is 1. The number of aromatic carboxylic acids is 1. The third-order valence-corrected chi connectivity index (χ3v) is 3.19. The number of halogens is 1. The predicted octanol–water partition coefficient (Wildman–Crippen LogP) is 3.80. The van der Waals surface area contributed by atoms with E-state index in [1.807, 2.05) is 0 Å². The molecule has 0 fully saturated rings. The second kappa shape index (κ2) is 6.99. The first-order valence-electron chi connectivity index (χ1n) is 6.42. The molecule has 0 aliphatic heterocycles. The van der Waals surface area contributed by atoms with Crippen LogP contribution in [0.5, 0.6) is 11.5 Å². The van der Waals surface area contributed by atoms with Gasteiger partial charge in [-0.25, -0.2) is 4.79 Å². The van der Waals surface area contributed by atoms with E-state index in [2.05, 4.69) is 0 Å². The molecule has 0 bridgehead atoms. The highest BCUT2D eigenvalue weighted by Crippen LogP contribution is 2.21. The van der Waals surface area contributed by atoms with Crippen LogP contribution < -0.4 is 9.47 Å². The van der Waals surface area contributed by atoms with Gasteiger partial charge in [0, 0.05) is 10.6 Å². The Balaban J connectivity index is 1.88. The zero-order chi connectivity index (χ0) is 15.2. The predicted molar refractivity (Wildman–Crippen MR) is 80.6 cm³/mol. The molecule has 4 nitrogen and oxygen atoms in total. The number of carboxylic acid groups (broad SMARTS) is 1. The Morgan fingerprint density at radius 3 is 2.43 bits per heavy atom. The number of carbonyl (C=O) groups is 1. The Morgan fingerprint density at radius 1 is 1.10 bits per heavy atom. The minimum Gasteiger partial charge on any atom is -0.490 e. The van der Waals surface area contributed by atoms with Gasteiger partial charge >= 0.3 is 5.97 Å². The number of ether oxygens (including phenoxy) is 2. The maximum absolute atomic E-state index is 11.0. The smallest absolute Gasteiger partial charge is 0.336 e. The largest absolute Gasteiger partial charge is 0.490 e. The van der Waals surface area contributed by atoms with Gasteiger partial charge in [0.2, 0.25) is 0 Å². The molecule has 0 saturated carbocycles. The molecule has 0 aliphatic rings. The van der Waals surface area contributed by atoms with Gasteiger partial charge in [-0.05, 0) is 43.3 Å². The third kappa shape index (κ3) is 4.13. The van der Waals surface area contributed by atoms with E-state index in [1.54, 1.807) is 49.4 Å². The average Bonchev–Trinajstić information content (AvgIpc) is 2.46. The lowest BCUT2D eigenvalue weighted by atomic mass is 10.1. The molecule has 21 heavy (non-hydrogen) atoms. The van der Waals surface area contributed by atoms with Crippen molar-refractivity contribution in [3.8, 4) is 11.5 Å². The van der Waals surface area contributed by atoms with Crippen molar-refractivity contribution < 1.29 is 19.4 Å². The van der Waals surface area contributed by atoms with Crippen molar-refractivity contribution in [3.05, 3.63) is 58.6 Å². The Bertz CT molecular complexity index is 623. The second-order valence-electron chi connectivity index (χ2n) is 4.38. The van der Waals surface area contributed by atoms with E-state index in [0.717, 1.165) is 0 Å². The summed E-state index contributed by atoms with van der Waals surface area (Å²) in [5.41, 5.74) is 0.850. The molecule has 0 aliphatic carbocycles. The van der Waals surface area contributed by atoms with E-state index >= 15 is 0 Å². The molecular weight excluding hydrogens is 292 g/mol. The summed E-state index contributed by atoms with van der Waals surface area (Å²) in [4.78, 5) is 11.0. The molecule has 0 amide bonds. The number of benzene rings is 2. The highest BCUT2D eigenvalue weighted by Gasteiger charge is 2.10. The fraction of sp³-hybridized carbons (Fsp3) is 0.188. The van der Waals surface area contributed by atoms with Crippen LogP contribution in [-0.4, -0.2) is 24.3 Å². The molecule has 0 spiro atoms. The van der Waals surface area contributed by atoms with Gasteiger partial charge in [0.1, 0.15) is 24.7 Å². The lowest BCUT2D eigenvalue weighted by Crippen LogP contribution is -2.10. The first kappa shape index (κ1) is 15.2. The van der Waals surface area contributed by atoms with E-state index < -0.39 is 5.97 Å². The Kier molecular flexibility index (Phi) is 5.06. The minimum atomic E-state index is -0.963. The standard InChI is InChI=1S/C16H15ClO4/c1-11-14(16(18)19)3-2-4-15(11)21-10-9-20-13-7-5-12(17)6-8-13/h2-8H,9-10H2,1H3,(H,18,19). The quantitative estimate of drug-likeness (QED) is 0.825. The normalized spacial score (nSPS) is 10.2. The molecule has 1 N–H and O–H groups in total. The molecule has 5 heteroatoms. The van der Waals surface area contributed by atoms with Gasteiger partial charge in [-0.2, -0.15) is 0 Å². The maximum Gasteiger partial charge on any atom is 0.336 e. The van der Waals surface area contributed by atoms with Crippen LogP contribution in [0, 0.1) is 6.92 Å². The zero-order valence-corrected chi connectivity index (χ0v) is 12.3. The van der Waals surface area contributed by atoms with Gasteiger partial charge in [0.25, 0.3) is 0 Å². The molecule has 0 unspecified atom stereocenters. The summed E-state index contributed by atoms with van der Waals surface area (Å²) in [6, 6.07) is 12.0. The van der Waals surface area contributed by atoms with Crippen molar-refractivity contribution >= 4 is 17.6 Å². The summed E-state index contributed by atoms with van der Waals surface area (Å²) in [6.45, 7) is 2.41. The highest BCUT2D eigenvalue weighted by molar-refractivity contribution is 6.30. The van der Waals surface area contributed by atoms with Crippen molar-refractivity contribution in [3.63, 3.8) is 0 Å². The van der Waals surface area contributed by atoms with Gasteiger partial charge in [-0.15, -0.1) is 0 Å². The molecule has 0 heterocycles. The minimum absolute atomic E-state index is 0.242. The first-order valence-corrected chi connectivity index (χ1v) is 6.80. The van der Waals surface area contributed by atoms with Crippen LogP contribution in [0.2, 0.25) is 5.02 Å². The lowest BCUT2D eigenvalue weighted by Gasteiger charge is -2.11. The fourth-order valence-electron chi connectivity index (χ4n) is 1.84. The van der Waals surface area contributed by atoms with Gasteiger partial charge < -0.3 is 14.6 Å². The number of hydrogen-bond acceptors (Lipinski definition) is 3. The SMILES string of the molecule is Cc1c(OCCOc2ccc(Cl)cc2)cccc1C(=O)O. The van der Waals surface area contributed by atoms with Gasteiger partial charge in [-0.3, -0.25) is 0 Å². The van der Waals surface area contributed by atoms with Gasteiger partial charge in [-0.1, -0.05) is 17.7 Å². The van der Waals surface area contributed by atoms with Crippen molar-refractivity contribution in [1.82, 2.24) is 0 Å². The first-order chi connectivity index (χ1) is 10.1. The summed E-state index contributed by atoms with van der Waals surface area (Å²) in [5.74, 6) is 0.295. The van der Waals surface area contributed by atoms with Crippen LogP contribution >= 0.6 is 11.6 Å². The van der Waals surface area contributed by atoms with Crippen LogP contribution in [0.4, 0.5) is 0 Å². The van der Waals surface area contributed by atoms with Crippen LogP contribution in [0.25, 0.3) is 0 Å². The van der Waals surface area contributed by atoms with E-state index in [9.17, 15) is 4.79 Å². The van der Waals surface area contributed by atoms with E-state index in [1.165, 1.54) is 0 Å². The summed E-state index contributed by atoms with van der Waals surface area (Å²) < 4.78 is 11.1. The molecule has 0 aromatic heterocycles. The summed E-state index contributed by atoms with van der Waals surface area (Å²) in [6.07, 6.45) is 0. The van der Waals surface area contributed by atoms with Gasteiger partial charge in [0.15, 0.2) is 0 Å². The van der Waals surface area contributed by atoms with Crippen molar-refractivity contribution in [2.75, 3.05) is 13.2 Å².